The van der Waals surface area contributed by atoms with E-state index in [9.17, 15) is 0 Å². The Morgan fingerprint density at radius 3 is 3.15 bits per heavy atom. The highest BCUT2D eigenvalue weighted by Crippen LogP contribution is 2.22. The van der Waals surface area contributed by atoms with Gasteiger partial charge in [0.05, 0.1) is 0 Å². The molecule has 1 aromatic rings. The van der Waals surface area contributed by atoms with Crippen molar-refractivity contribution in [3.8, 4) is 0 Å². The fraction of sp³-hybridized carbons (Fsp3) is 0.455. The molecule has 2 rings (SSSR count). The van der Waals surface area contributed by atoms with Crippen LogP contribution in [0.4, 0.5) is 5.69 Å². The number of hydrogen-bond acceptors (Lipinski definition) is 2. The summed E-state index contributed by atoms with van der Waals surface area (Å²) in [5, 5.41) is 3.34. The minimum absolute atomic E-state index is 0.277. The molecule has 2 nitrogen and oxygen atoms in total. The summed E-state index contributed by atoms with van der Waals surface area (Å²) in [5.74, 6) is 0. The Morgan fingerprint density at radius 2 is 2.38 bits per heavy atom. The van der Waals surface area contributed by atoms with Gasteiger partial charge in [-0.15, -0.1) is 0 Å². The van der Waals surface area contributed by atoms with Crippen LogP contribution in [-0.2, 0) is 12.8 Å². The quantitative estimate of drug-likeness (QED) is 0.681. The van der Waals surface area contributed by atoms with Gasteiger partial charge >= 0.3 is 0 Å². The summed E-state index contributed by atoms with van der Waals surface area (Å²) < 4.78 is 0. The summed E-state index contributed by atoms with van der Waals surface area (Å²) in [6.45, 7) is 3.08. The van der Waals surface area contributed by atoms with Gasteiger partial charge < -0.3 is 11.1 Å². The Kier molecular flexibility index (Phi) is 2.23. The van der Waals surface area contributed by atoms with Gasteiger partial charge in [-0.1, -0.05) is 19.1 Å². The Morgan fingerprint density at radius 1 is 1.54 bits per heavy atom. The molecule has 0 aliphatic carbocycles. The first-order chi connectivity index (χ1) is 6.29. The minimum atomic E-state index is 0.277. The third kappa shape index (κ3) is 1.68. The van der Waals surface area contributed by atoms with E-state index in [1.165, 1.54) is 16.8 Å². The monoisotopic (exact) mass is 176 g/mol. The maximum atomic E-state index is 5.88. The third-order valence-electron chi connectivity index (χ3n) is 2.61. The number of nitrogens with two attached hydrogens (primary N) is 1. The molecule has 0 aromatic heterocycles. The summed E-state index contributed by atoms with van der Waals surface area (Å²) in [4.78, 5) is 0. The number of nitrogens with one attached hydrogen (secondary N) is 1. The molecule has 1 atom stereocenters. The van der Waals surface area contributed by atoms with Gasteiger partial charge in [0.15, 0.2) is 0 Å². The minimum Gasteiger partial charge on any atom is -0.383 e. The predicted octanol–water partition coefficient (Wildman–Crippen LogP) is 1.54. The molecule has 70 valence electrons. The van der Waals surface area contributed by atoms with Gasteiger partial charge in [-0.25, -0.2) is 0 Å². The fourth-order valence-corrected chi connectivity index (χ4v) is 1.80. The van der Waals surface area contributed by atoms with Crippen molar-refractivity contribution < 1.29 is 0 Å². The summed E-state index contributed by atoms with van der Waals surface area (Å²) in [5.41, 5.74) is 9.91. The van der Waals surface area contributed by atoms with E-state index in [2.05, 4.69) is 30.4 Å². The largest absolute Gasteiger partial charge is 0.383 e. The summed E-state index contributed by atoms with van der Waals surface area (Å²) in [6, 6.07) is 6.89. The second-order valence-corrected chi connectivity index (χ2v) is 3.69. The van der Waals surface area contributed by atoms with Crippen LogP contribution in [0.3, 0.4) is 0 Å². The predicted molar refractivity (Wildman–Crippen MR) is 56.0 cm³/mol. The lowest BCUT2D eigenvalue weighted by molar-refractivity contribution is 0.678. The molecule has 1 heterocycles. The van der Waals surface area contributed by atoms with Crippen LogP contribution in [0.1, 0.15) is 18.1 Å². The van der Waals surface area contributed by atoms with Crippen molar-refractivity contribution >= 4 is 5.69 Å². The molecule has 0 saturated heterocycles. The maximum Gasteiger partial charge on any atom is 0.0374 e. The van der Waals surface area contributed by atoms with Crippen molar-refractivity contribution in [2.75, 3.05) is 11.9 Å². The van der Waals surface area contributed by atoms with Gasteiger partial charge in [0.1, 0.15) is 0 Å². The van der Waals surface area contributed by atoms with Crippen LogP contribution in [0.5, 0.6) is 0 Å². The molecule has 0 amide bonds. The van der Waals surface area contributed by atoms with Gasteiger partial charge in [-0.05, 0) is 30.0 Å². The first-order valence-corrected chi connectivity index (χ1v) is 4.91. The van der Waals surface area contributed by atoms with Gasteiger partial charge in [-0.3, -0.25) is 0 Å². The van der Waals surface area contributed by atoms with E-state index < -0.39 is 0 Å². The van der Waals surface area contributed by atoms with Crippen LogP contribution in [0.15, 0.2) is 18.2 Å². The molecule has 0 spiro atoms. The van der Waals surface area contributed by atoms with Crippen LogP contribution in [0.25, 0.3) is 0 Å². The number of rotatable bonds is 1. The average Bonchev–Trinajstić information content (AvgIpc) is 2.16. The van der Waals surface area contributed by atoms with Crippen molar-refractivity contribution in [1.82, 2.24) is 0 Å². The van der Waals surface area contributed by atoms with Gasteiger partial charge in [0.25, 0.3) is 0 Å². The SMILES string of the molecule is CCc1ccc2c(c1)C[C@@H](N)CN2. The fourth-order valence-electron chi connectivity index (χ4n) is 1.80. The molecule has 1 aromatic carbocycles. The highest BCUT2D eigenvalue weighted by molar-refractivity contribution is 5.55. The molecule has 3 N–H and O–H groups in total. The van der Waals surface area contributed by atoms with Gasteiger partial charge in [0.2, 0.25) is 0 Å². The highest BCUT2D eigenvalue weighted by Gasteiger charge is 2.14. The lowest BCUT2D eigenvalue weighted by atomic mass is 9.97. The second-order valence-electron chi connectivity index (χ2n) is 3.69. The van der Waals surface area contributed by atoms with Crippen LogP contribution < -0.4 is 11.1 Å². The van der Waals surface area contributed by atoms with Crippen molar-refractivity contribution in [2.24, 2.45) is 5.73 Å². The van der Waals surface area contributed by atoms with Crippen molar-refractivity contribution in [3.05, 3.63) is 29.3 Å². The van der Waals surface area contributed by atoms with Gasteiger partial charge in [-0.2, -0.15) is 0 Å². The Labute approximate surface area is 79.1 Å². The molecule has 0 fully saturated rings. The van der Waals surface area contributed by atoms with E-state index in [1.807, 2.05) is 0 Å². The molecule has 0 saturated carbocycles. The van der Waals surface area contributed by atoms with E-state index in [-0.39, 0.29) is 6.04 Å². The van der Waals surface area contributed by atoms with Crippen LogP contribution in [0, 0.1) is 0 Å². The Hall–Kier alpha value is -1.02. The average molecular weight is 176 g/mol. The van der Waals surface area contributed by atoms with E-state index >= 15 is 0 Å². The zero-order valence-electron chi connectivity index (χ0n) is 8.01. The molecular weight excluding hydrogens is 160 g/mol. The van der Waals surface area contributed by atoms with E-state index in [0.29, 0.717) is 0 Å². The normalized spacial score (nSPS) is 20.6. The molecule has 0 bridgehead atoms. The molecule has 2 heteroatoms. The summed E-state index contributed by atoms with van der Waals surface area (Å²) in [7, 11) is 0. The van der Waals surface area contributed by atoms with Gasteiger partial charge in [0, 0.05) is 18.3 Å². The standard InChI is InChI=1S/C11H16N2/c1-2-8-3-4-11-9(5-8)6-10(12)7-13-11/h3-5,10,13H,2,6-7,12H2,1H3/t10-/m1/s1. The van der Waals surface area contributed by atoms with E-state index in [0.717, 1.165) is 19.4 Å². The molecular formula is C11H16N2. The third-order valence-corrected chi connectivity index (χ3v) is 2.61. The topological polar surface area (TPSA) is 38.0 Å². The summed E-state index contributed by atoms with van der Waals surface area (Å²) >= 11 is 0. The number of hydrogen-bond donors (Lipinski definition) is 2. The molecule has 0 unspecified atom stereocenters. The maximum absolute atomic E-state index is 5.88. The van der Waals surface area contributed by atoms with Crippen molar-refractivity contribution in [3.63, 3.8) is 0 Å². The van der Waals surface area contributed by atoms with Crippen molar-refractivity contribution in [2.45, 2.75) is 25.8 Å². The smallest absolute Gasteiger partial charge is 0.0374 e. The van der Waals surface area contributed by atoms with Crippen LogP contribution in [0.2, 0.25) is 0 Å². The van der Waals surface area contributed by atoms with Crippen LogP contribution >= 0.6 is 0 Å². The molecule has 13 heavy (non-hydrogen) atoms. The van der Waals surface area contributed by atoms with Crippen LogP contribution in [-0.4, -0.2) is 12.6 Å². The van der Waals surface area contributed by atoms with Crippen molar-refractivity contribution in [1.29, 1.82) is 0 Å². The zero-order valence-corrected chi connectivity index (χ0v) is 8.01. The first-order valence-electron chi connectivity index (χ1n) is 4.91. The lowest BCUT2D eigenvalue weighted by Gasteiger charge is -2.23. The molecule has 1 aliphatic heterocycles. The molecule has 0 radical (unpaired) electrons. The van der Waals surface area contributed by atoms with E-state index in [1.54, 1.807) is 0 Å². The second kappa shape index (κ2) is 3.38. The number of aryl methyl sites for hydroxylation is 1. The highest BCUT2D eigenvalue weighted by atomic mass is 14.9. The number of benzene rings is 1. The Balaban J connectivity index is 2.32. The molecule has 1 aliphatic rings. The number of anilines is 1. The lowest BCUT2D eigenvalue weighted by Crippen LogP contribution is -2.35. The Bertz CT molecular complexity index is 307. The summed E-state index contributed by atoms with van der Waals surface area (Å²) in [6.07, 6.45) is 2.11. The van der Waals surface area contributed by atoms with E-state index in [4.69, 9.17) is 5.73 Å². The number of fused-ring (bicyclic) bond motifs is 1. The zero-order chi connectivity index (χ0) is 9.26. The first kappa shape index (κ1) is 8.57.